The van der Waals surface area contributed by atoms with E-state index in [1.54, 1.807) is 6.92 Å². The lowest BCUT2D eigenvalue weighted by Gasteiger charge is -2.31. The number of aryl methyl sites for hydroxylation is 1. The lowest BCUT2D eigenvalue weighted by molar-refractivity contribution is -0.137. The summed E-state index contributed by atoms with van der Waals surface area (Å²) in [6, 6.07) is -0.276. The van der Waals surface area contributed by atoms with Crippen molar-refractivity contribution in [1.29, 1.82) is 0 Å². The summed E-state index contributed by atoms with van der Waals surface area (Å²) < 4.78 is 112. The normalized spacial score (nSPS) is 24.0. The smallest absolute Gasteiger partial charge is 0.418 e. The van der Waals surface area contributed by atoms with Gasteiger partial charge in [0, 0.05) is 18.5 Å². The van der Waals surface area contributed by atoms with Crippen LogP contribution in [-0.2, 0) is 6.18 Å². The minimum atomic E-state index is -4.95. The molecule has 0 saturated carbocycles. The van der Waals surface area contributed by atoms with Crippen LogP contribution < -0.4 is 20.1 Å². The number of hydrogen-bond donors (Lipinski definition) is 1. The molecule has 0 amide bonds. The van der Waals surface area contributed by atoms with E-state index in [4.69, 9.17) is 15.2 Å². The summed E-state index contributed by atoms with van der Waals surface area (Å²) in [6.45, 7) is 2.50. The maximum atomic E-state index is 16.4. The third kappa shape index (κ3) is 5.12. The molecule has 0 bridgehead atoms. The molecule has 3 aromatic heterocycles. The first-order valence-electron chi connectivity index (χ1n) is 13.7. The third-order valence-electron chi connectivity index (χ3n) is 8.30. The molecule has 9 nitrogen and oxygen atoms in total. The van der Waals surface area contributed by atoms with E-state index in [0.29, 0.717) is 13.0 Å². The van der Waals surface area contributed by atoms with Crippen LogP contribution >= 0.6 is 0 Å². The Morgan fingerprint density at radius 3 is 2.70 bits per heavy atom. The summed E-state index contributed by atoms with van der Waals surface area (Å²) >= 11 is 0. The lowest BCUT2D eigenvalue weighted by Crippen LogP contribution is -2.43. The van der Waals surface area contributed by atoms with Crippen molar-refractivity contribution < 1.29 is 40.2 Å². The molecule has 16 heteroatoms. The van der Waals surface area contributed by atoms with E-state index in [2.05, 4.69) is 19.9 Å². The molecule has 43 heavy (non-hydrogen) atoms. The van der Waals surface area contributed by atoms with Crippen molar-refractivity contribution in [2.24, 2.45) is 0 Å². The highest BCUT2D eigenvalue weighted by Gasteiger charge is 2.49. The topological polar surface area (TPSA) is 103 Å². The fraction of sp³-hybridized carbons (Fsp3) is 0.556. The minimum absolute atomic E-state index is 0.0516. The number of nitrogens with zero attached hydrogens (tertiary/aromatic N) is 6. The number of anilines is 2. The monoisotopic (exact) mass is 615 g/mol. The van der Waals surface area contributed by atoms with Crippen LogP contribution in [-0.4, -0.2) is 81.9 Å². The van der Waals surface area contributed by atoms with Crippen LogP contribution in [0.15, 0.2) is 6.07 Å². The van der Waals surface area contributed by atoms with Gasteiger partial charge in [-0.1, -0.05) is 0 Å². The van der Waals surface area contributed by atoms with Gasteiger partial charge in [0.05, 0.1) is 29.4 Å². The van der Waals surface area contributed by atoms with E-state index in [1.807, 2.05) is 4.90 Å². The van der Waals surface area contributed by atoms with Gasteiger partial charge in [-0.05, 0) is 39.3 Å². The molecule has 3 aromatic rings. The number of halogens is 7. The van der Waals surface area contributed by atoms with Gasteiger partial charge >= 0.3 is 12.2 Å². The zero-order valence-electron chi connectivity index (χ0n) is 23.2. The molecule has 2 saturated heterocycles. The van der Waals surface area contributed by atoms with E-state index in [1.165, 1.54) is 4.90 Å². The van der Waals surface area contributed by atoms with E-state index in [0.717, 1.165) is 19.4 Å². The molecule has 0 aliphatic carbocycles. The predicted octanol–water partition coefficient (Wildman–Crippen LogP) is 4.94. The third-order valence-corrected chi connectivity index (χ3v) is 8.30. The second-order valence-corrected chi connectivity index (χ2v) is 11.3. The van der Waals surface area contributed by atoms with Gasteiger partial charge in [-0.25, -0.2) is 27.5 Å². The van der Waals surface area contributed by atoms with E-state index in [-0.39, 0.29) is 49.1 Å². The first kappa shape index (κ1) is 29.4. The zero-order valence-corrected chi connectivity index (χ0v) is 23.2. The van der Waals surface area contributed by atoms with Crippen molar-refractivity contribution in [3.05, 3.63) is 23.1 Å². The number of aromatic nitrogens is 4. The van der Waals surface area contributed by atoms with Crippen molar-refractivity contribution in [3.63, 3.8) is 0 Å². The Morgan fingerprint density at radius 2 is 1.98 bits per heavy atom. The molecule has 0 unspecified atom stereocenters. The highest BCUT2D eigenvalue weighted by molar-refractivity contribution is 5.97. The Kier molecular flexibility index (Phi) is 7.17. The van der Waals surface area contributed by atoms with Crippen molar-refractivity contribution in [1.82, 2.24) is 24.8 Å². The molecule has 0 spiro atoms. The summed E-state index contributed by atoms with van der Waals surface area (Å²) in [5.74, 6) is -2.10. The molecular formula is C27H28F7N7O2. The molecule has 3 aliphatic heterocycles. The van der Waals surface area contributed by atoms with Crippen LogP contribution in [0.1, 0.15) is 37.4 Å². The standard InChI is InChI=1S/C27H28F7N7O2/c1-12-10-42-24-18-22(20(31)21(37-24)15-6-17(35)36-13(2)19(15)27(32,33)34)38-25(39-23(18)41(12)9-16(29)30)43-11-26-4-3-5-40(26)8-14(28)7-26/h6,12,14,16H,3-5,7-11H2,1-2H3,(H2,35,36)/t12-,14+,26-/m0/s1. The SMILES string of the molecule is Cc1nc(N)cc(-c2nc3c4c(nc(OC[C@@]56CCCN5C[C@H](F)C6)nc4c2F)N(CC(F)F)[C@@H](C)CO3)c1C(F)(F)F. The highest BCUT2D eigenvalue weighted by atomic mass is 19.4. The maximum absolute atomic E-state index is 16.4. The van der Waals surface area contributed by atoms with Gasteiger partial charge in [0.2, 0.25) is 5.88 Å². The minimum Gasteiger partial charge on any atom is -0.475 e. The molecule has 6 rings (SSSR count). The predicted molar refractivity (Wildman–Crippen MR) is 142 cm³/mol. The second kappa shape index (κ2) is 10.5. The first-order valence-corrected chi connectivity index (χ1v) is 13.7. The number of fused-ring (bicyclic) bond motifs is 1. The average Bonchev–Trinajstić information content (AvgIpc) is 3.40. The number of alkyl halides is 6. The largest absolute Gasteiger partial charge is 0.475 e. The van der Waals surface area contributed by atoms with Gasteiger partial charge in [0.15, 0.2) is 5.82 Å². The average molecular weight is 616 g/mol. The van der Waals surface area contributed by atoms with Gasteiger partial charge in [-0.2, -0.15) is 23.1 Å². The molecule has 0 aromatic carbocycles. The lowest BCUT2D eigenvalue weighted by atomic mass is 9.95. The molecule has 2 fully saturated rings. The molecule has 232 valence electrons. The molecular weight excluding hydrogens is 587 g/mol. The van der Waals surface area contributed by atoms with Gasteiger partial charge in [0.25, 0.3) is 6.43 Å². The van der Waals surface area contributed by atoms with Gasteiger partial charge in [0.1, 0.15) is 47.6 Å². The molecule has 3 atom stereocenters. The van der Waals surface area contributed by atoms with Crippen molar-refractivity contribution >= 4 is 22.5 Å². The van der Waals surface area contributed by atoms with Crippen LogP contribution in [0.3, 0.4) is 0 Å². The van der Waals surface area contributed by atoms with Crippen LogP contribution in [0.4, 0.5) is 42.4 Å². The zero-order chi connectivity index (χ0) is 30.8. The van der Waals surface area contributed by atoms with Crippen molar-refractivity contribution in [2.75, 3.05) is 43.5 Å². The highest BCUT2D eigenvalue weighted by Crippen LogP contribution is 2.45. The van der Waals surface area contributed by atoms with Crippen LogP contribution in [0.2, 0.25) is 0 Å². The fourth-order valence-corrected chi connectivity index (χ4v) is 6.46. The number of ether oxygens (including phenoxy) is 2. The number of rotatable bonds is 6. The number of pyridine rings is 2. The number of hydrogen-bond acceptors (Lipinski definition) is 9. The van der Waals surface area contributed by atoms with Crippen LogP contribution in [0, 0.1) is 12.7 Å². The molecule has 0 radical (unpaired) electrons. The Balaban J connectivity index is 1.55. The summed E-state index contributed by atoms with van der Waals surface area (Å²) in [4.78, 5) is 19.5. The van der Waals surface area contributed by atoms with Gasteiger partial charge in [-0.15, -0.1) is 0 Å². The van der Waals surface area contributed by atoms with E-state index >= 15 is 4.39 Å². The molecule has 3 aliphatic rings. The van der Waals surface area contributed by atoms with Crippen molar-refractivity contribution in [2.45, 2.75) is 63.5 Å². The van der Waals surface area contributed by atoms with Gasteiger partial charge in [-0.3, -0.25) is 4.90 Å². The van der Waals surface area contributed by atoms with E-state index in [9.17, 15) is 26.3 Å². The van der Waals surface area contributed by atoms with E-state index < -0.39 is 76.8 Å². The second-order valence-electron chi connectivity index (χ2n) is 11.3. The summed E-state index contributed by atoms with van der Waals surface area (Å²) in [6.07, 6.45) is -7.15. The Labute approximate surface area is 241 Å². The Bertz CT molecular complexity index is 1570. The summed E-state index contributed by atoms with van der Waals surface area (Å²) in [7, 11) is 0. The van der Waals surface area contributed by atoms with Gasteiger partial charge < -0.3 is 20.1 Å². The van der Waals surface area contributed by atoms with Crippen LogP contribution in [0.25, 0.3) is 22.2 Å². The number of nitrogen functional groups attached to an aromatic ring is 1. The number of nitrogens with two attached hydrogens (primary N) is 1. The van der Waals surface area contributed by atoms with Crippen molar-refractivity contribution in [3.8, 4) is 23.1 Å². The quantitative estimate of drug-likeness (QED) is 0.387. The Hall–Kier alpha value is -3.69. The summed E-state index contributed by atoms with van der Waals surface area (Å²) in [5, 5.41) is -0.198. The fourth-order valence-electron chi connectivity index (χ4n) is 6.46. The molecule has 2 N–H and O–H groups in total. The summed E-state index contributed by atoms with van der Waals surface area (Å²) in [5.41, 5.74) is 1.36. The molecule has 6 heterocycles. The van der Waals surface area contributed by atoms with Crippen LogP contribution in [0.5, 0.6) is 11.9 Å². The maximum Gasteiger partial charge on any atom is 0.418 e. The first-order chi connectivity index (χ1) is 20.3. The Morgan fingerprint density at radius 1 is 1.21 bits per heavy atom.